The molecule has 0 spiro atoms. The van der Waals surface area contributed by atoms with Gasteiger partial charge in [0.2, 0.25) is 0 Å². The molecule has 1 atom stereocenters. The van der Waals surface area contributed by atoms with Crippen LogP contribution in [0.2, 0.25) is 0 Å². The summed E-state index contributed by atoms with van der Waals surface area (Å²) in [6, 6.07) is 4.99. The molecule has 1 heterocycles. The Morgan fingerprint density at radius 1 is 1.26 bits per heavy atom. The van der Waals surface area contributed by atoms with Gasteiger partial charge in [0.15, 0.2) is 0 Å². The van der Waals surface area contributed by atoms with Gasteiger partial charge in [0.05, 0.1) is 5.56 Å². The normalized spacial score (nSPS) is 15.7. The Morgan fingerprint density at radius 3 is 2.56 bits per heavy atom. The van der Waals surface area contributed by atoms with Crippen LogP contribution in [0.5, 0.6) is 11.5 Å². The van der Waals surface area contributed by atoms with Crippen molar-refractivity contribution < 1.29 is 19.4 Å². The van der Waals surface area contributed by atoms with Crippen molar-refractivity contribution in [2.75, 3.05) is 52.9 Å². The van der Waals surface area contributed by atoms with Gasteiger partial charge < -0.3 is 31.1 Å². The minimum atomic E-state index is -0.286. The fourth-order valence-corrected chi connectivity index (χ4v) is 5.09. The number of likely N-dealkylation sites (tertiary alicyclic amines) is 1. The summed E-state index contributed by atoms with van der Waals surface area (Å²) in [6.07, 6.45) is 4.63. The summed E-state index contributed by atoms with van der Waals surface area (Å²) < 4.78 is 5.89. The average molecular weight is 599 g/mol. The number of piperidine rings is 1. The lowest BCUT2D eigenvalue weighted by Crippen LogP contribution is -2.47. The molecule has 10 nitrogen and oxygen atoms in total. The number of aromatic hydroxyl groups is 1. The summed E-state index contributed by atoms with van der Waals surface area (Å²) in [4.78, 5) is 34.3. The predicted octanol–water partition coefficient (Wildman–Crippen LogP) is 4.07. The minimum Gasteiger partial charge on any atom is -0.508 e. The maximum absolute atomic E-state index is 13.4. The third kappa shape index (κ3) is 12.0. The molecule has 0 radical (unpaired) electrons. The number of carbonyl (C=O) groups is 2. The molecule has 1 unspecified atom stereocenters. The highest BCUT2D eigenvalue weighted by atomic mass is 16.5. The number of nitrogens with one attached hydrogen (secondary N) is 2. The number of nitrogens with two attached hydrogens (primary N) is 1. The monoisotopic (exact) mass is 598 g/mol. The molecule has 10 heteroatoms. The molecule has 0 aliphatic carbocycles. The maximum atomic E-state index is 13.4. The van der Waals surface area contributed by atoms with Crippen molar-refractivity contribution in [2.24, 2.45) is 16.6 Å². The first-order valence-corrected chi connectivity index (χ1v) is 15.6. The molecule has 43 heavy (non-hydrogen) atoms. The molecule has 1 aromatic carbocycles. The Balaban J connectivity index is 1.94. The number of phenols is 1. The van der Waals surface area contributed by atoms with Crippen LogP contribution in [0.25, 0.3) is 0 Å². The van der Waals surface area contributed by atoms with Gasteiger partial charge in [-0.15, -0.1) is 0 Å². The largest absolute Gasteiger partial charge is 0.508 e. The maximum Gasteiger partial charge on any atom is 0.271 e. The van der Waals surface area contributed by atoms with Gasteiger partial charge in [-0.3, -0.25) is 14.5 Å². The molecule has 1 fully saturated rings. The molecule has 0 aromatic heterocycles. The zero-order valence-electron chi connectivity index (χ0n) is 27.2. The topological polar surface area (TPSA) is 133 Å². The second kappa shape index (κ2) is 18.3. The highest BCUT2D eigenvalue weighted by Crippen LogP contribution is 2.27. The number of carbonyl (C=O) groups excluding carboxylic acids is 2. The van der Waals surface area contributed by atoms with Gasteiger partial charge in [-0.2, -0.15) is 0 Å². The number of nitrogens with zero attached hydrogens (tertiary/aromatic N) is 3. The molecule has 0 saturated carbocycles. The number of hydrogen-bond acceptors (Lipinski definition) is 8. The van der Waals surface area contributed by atoms with Crippen LogP contribution < -0.4 is 21.1 Å². The summed E-state index contributed by atoms with van der Waals surface area (Å²) >= 11 is 0. The van der Waals surface area contributed by atoms with Crippen molar-refractivity contribution in [3.63, 3.8) is 0 Å². The second-order valence-corrected chi connectivity index (χ2v) is 11.7. The summed E-state index contributed by atoms with van der Waals surface area (Å²) in [6.45, 7) is 19.0. The van der Waals surface area contributed by atoms with E-state index in [1.165, 1.54) is 12.1 Å². The lowest BCUT2D eigenvalue weighted by molar-refractivity contribution is -0.117. The van der Waals surface area contributed by atoms with Crippen molar-refractivity contribution in [3.05, 3.63) is 47.3 Å². The number of ether oxygens (including phenoxy) is 1. The highest BCUT2D eigenvalue weighted by molar-refractivity contribution is 5.98. The average Bonchev–Trinajstić information content (AvgIpc) is 2.98. The van der Waals surface area contributed by atoms with Crippen molar-refractivity contribution in [1.82, 2.24) is 20.4 Å². The number of benzene rings is 1. The smallest absolute Gasteiger partial charge is 0.271 e. The molecule has 1 saturated heterocycles. The van der Waals surface area contributed by atoms with Crippen LogP contribution in [0.1, 0.15) is 77.1 Å². The van der Waals surface area contributed by atoms with E-state index in [0.717, 1.165) is 63.0 Å². The summed E-state index contributed by atoms with van der Waals surface area (Å²) in [5.74, 6) is 0.624. The predicted molar refractivity (Wildman–Crippen MR) is 175 cm³/mol. The Hall–Kier alpha value is -3.37. The molecule has 1 aliphatic rings. The van der Waals surface area contributed by atoms with Gasteiger partial charge in [0.1, 0.15) is 23.8 Å². The quantitative estimate of drug-likeness (QED) is 0.121. The number of rotatable bonds is 17. The van der Waals surface area contributed by atoms with Crippen LogP contribution in [0, 0.1) is 5.92 Å². The molecular formula is C33H54N6O4. The summed E-state index contributed by atoms with van der Waals surface area (Å²) in [5, 5.41) is 16.3. The Kier molecular flexibility index (Phi) is 15.3. The van der Waals surface area contributed by atoms with Crippen molar-refractivity contribution in [1.29, 1.82) is 0 Å². The Labute approximate surface area is 258 Å². The van der Waals surface area contributed by atoms with E-state index in [0.29, 0.717) is 55.2 Å². The number of likely N-dealkylation sites (N-methyl/N-ethyl adjacent to an activating group) is 1. The zero-order valence-corrected chi connectivity index (χ0v) is 27.2. The van der Waals surface area contributed by atoms with Gasteiger partial charge >= 0.3 is 0 Å². The van der Waals surface area contributed by atoms with Crippen LogP contribution in [0.15, 0.2) is 46.7 Å². The van der Waals surface area contributed by atoms with Crippen LogP contribution >= 0.6 is 0 Å². The van der Waals surface area contributed by atoms with Crippen molar-refractivity contribution in [2.45, 2.75) is 72.8 Å². The molecule has 2 rings (SSSR count). The van der Waals surface area contributed by atoms with E-state index < -0.39 is 0 Å². The van der Waals surface area contributed by atoms with Gasteiger partial charge in [0.25, 0.3) is 11.8 Å². The van der Waals surface area contributed by atoms with Gasteiger partial charge in [-0.25, -0.2) is 4.99 Å². The molecule has 1 aromatic rings. The Bertz CT molecular complexity index is 1140. The first-order chi connectivity index (χ1) is 20.5. The van der Waals surface area contributed by atoms with Crippen LogP contribution in [0.3, 0.4) is 0 Å². The van der Waals surface area contributed by atoms with Gasteiger partial charge in [-0.1, -0.05) is 40.2 Å². The van der Waals surface area contributed by atoms with Crippen LogP contribution in [-0.4, -0.2) is 91.4 Å². The molecule has 1 aliphatic heterocycles. The first kappa shape index (κ1) is 35.8. The fraction of sp³-hybridized carbons (Fsp3) is 0.606. The van der Waals surface area contributed by atoms with E-state index in [1.54, 1.807) is 20.0 Å². The van der Waals surface area contributed by atoms with E-state index in [-0.39, 0.29) is 23.3 Å². The van der Waals surface area contributed by atoms with Gasteiger partial charge in [-0.05, 0) is 56.7 Å². The number of allylic oxidation sites excluding steroid dienone is 1. The number of amides is 2. The standard InChI is InChI=1S/C33H54N6O4/c1-8-10-24(4)22-43-30-19-28(40)11-12-29(30)33(42)39-16-13-27(14-17-39)36-15-18-38(20-23(3)9-2)21-25(5)37-31(26(6)34)32(41)35-7/h11-12,19,23,27,36,40H,4,8-10,13-18,20-22,34H2,1-3,5-7H3,(H,35,41)/b31-26+,37-25?. The minimum absolute atomic E-state index is 0.0669. The van der Waals surface area contributed by atoms with Gasteiger partial charge in [0, 0.05) is 69.8 Å². The number of aliphatic imine (C=N–C) groups is 1. The summed E-state index contributed by atoms with van der Waals surface area (Å²) in [7, 11) is 1.57. The number of phenolic OH excluding ortho intramolecular Hbond substituents is 1. The highest BCUT2D eigenvalue weighted by Gasteiger charge is 2.26. The molecular weight excluding hydrogens is 544 g/mol. The van der Waals surface area contributed by atoms with Crippen molar-refractivity contribution in [3.8, 4) is 11.5 Å². The third-order valence-electron chi connectivity index (χ3n) is 7.71. The second-order valence-electron chi connectivity index (χ2n) is 11.7. The lowest BCUT2D eigenvalue weighted by Gasteiger charge is -2.33. The fourth-order valence-electron chi connectivity index (χ4n) is 5.09. The van der Waals surface area contributed by atoms with E-state index in [2.05, 4.69) is 47.9 Å². The number of hydrogen-bond donors (Lipinski definition) is 4. The van der Waals surface area contributed by atoms with E-state index in [4.69, 9.17) is 10.5 Å². The van der Waals surface area contributed by atoms with E-state index in [9.17, 15) is 14.7 Å². The first-order valence-electron chi connectivity index (χ1n) is 15.6. The molecule has 0 bridgehead atoms. The van der Waals surface area contributed by atoms with Crippen molar-refractivity contribution >= 4 is 17.5 Å². The molecule has 240 valence electrons. The molecule has 2 amide bonds. The third-order valence-corrected chi connectivity index (χ3v) is 7.71. The van der Waals surface area contributed by atoms with Crippen LogP contribution in [-0.2, 0) is 4.79 Å². The Morgan fingerprint density at radius 2 is 1.95 bits per heavy atom. The summed E-state index contributed by atoms with van der Waals surface area (Å²) in [5.41, 5.74) is 8.82. The van der Waals surface area contributed by atoms with Crippen LogP contribution in [0.4, 0.5) is 0 Å². The van der Waals surface area contributed by atoms with E-state index >= 15 is 0 Å². The molecule has 5 N–H and O–H groups in total. The van der Waals surface area contributed by atoms with E-state index in [1.807, 2.05) is 11.8 Å². The SMILES string of the molecule is C=C(CCC)COc1cc(O)ccc1C(=O)N1CCC(NCCN(CC(C)=N/C(C(=O)NC)=C(\C)N)CC(C)CC)CC1. The zero-order chi connectivity index (χ0) is 31.9. The lowest BCUT2D eigenvalue weighted by atomic mass is 10.0.